The number of aromatic amines is 1. The van der Waals surface area contributed by atoms with Gasteiger partial charge in [0.2, 0.25) is 10.0 Å². The largest absolute Gasteiger partial charge is 0.384 e. The Morgan fingerprint density at radius 1 is 1.07 bits per heavy atom. The third kappa shape index (κ3) is 6.61. The van der Waals surface area contributed by atoms with Gasteiger partial charge < -0.3 is 15.1 Å². The molecule has 0 amide bonds. The van der Waals surface area contributed by atoms with Gasteiger partial charge in [-0.3, -0.25) is 9.89 Å². The molecule has 2 aromatic carbocycles. The number of Topliss-reactive ketones (excluding diaryl/α,β-unsaturated/α-hetero) is 1. The summed E-state index contributed by atoms with van der Waals surface area (Å²) in [5.74, 6) is -1.69. The van der Waals surface area contributed by atoms with Crippen LogP contribution in [0, 0.1) is 17.6 Å². The Morgan fingerprint density at radius 2 is 1.74 bits per heavy atom. The molecule has 1 aromatic heterocycles. The van der Waals surface area contributed by atoms with Crippen LogP contribution in [-0.4, -0.2) is 79.9 Å². The molecule has 3 aromatic rings. The van der Waals surface area contributed by atoms with Gasteiger partial charge in [-0.1, -0.05) is 27.7 Å². The van der Waals surface area contributed by atoms with E-state index in [-0.39, 0.29) is 25.3 Å². The minimum absolute atomic E-state index is 0.00882. The minimum atomic E-state index is -4.23. The number of sulfonamides is 1. The quantitative estimate of drug-likeness (QED) is 0.344. The van der Waals surface area contributed by atoms with E-state index >= 15 is 0 Å². The molecule has 3 heterocycles. The van der Waals surface area contributed by atoms with Gasteiger partial charge in [-0.2, -0.15) is 9.40 Å². The highest BCUT2D eigenvalue weighted by atomic mass is 32.2. The highest BCUT2D eigenvalue weighted by Crippen LogP contribution is 2.37. The molecule has 43 heavy (non-hydrogen) atoms. The van der Waals surface area contributed by atoms with E-state index in [0.29, 0.717) is 41.0 Å². The van der Waals surface area contributed by atoms with Crippen LogP contribution in [0.1, 0.15) is 55.0 Å². The number of fused-ring (bicyclic) bond motifs is 1. The van der Waals surface area contributed by atoms with Gasteiger partial charge in [0.15, 0.2) is 5.78 Å². The summed E-state index contributed by atoms with van der Waals surface area (Å²) in [4.78, 5) is 18.0. The number of piperazine rings is 1. The number of benzene rings is 2. The Balaban J connectivity index is 1.43. The van der Waals surface area contributed by atoms with Crippen LogP contribution in [0.15, 0.2) is 41.3 Å². The predicted molar refractivity (Wildman–Crippen MR) is 163 cm³/mol. The molecule has 1 fully saturated rings. The number of aromatic nitrogens is 2. The van der Waals surface area contributed by atoms with Crippen LogP contribution in [0.3, 0.4) is 0 Å². The Hall–Kier alpha value is -3.35. The van der Waals surface area contributed by atoms with Gasteiger partial charge in [-0.05, 0) is 43.3 Å². The minimum Gasteiger partial charge on any atom is -0.384 e. The van der Waals surface area contributed by atoms with Crippen molar-refractivity contribution in [1.82, 2.24) is 19.4 Å². The van der Waals surface area contributed by atoms with Crippen LogP contribution in [0.4, 0.5) is 20.2 Å². The first kappa shape index (κ1) is 31.1. The number of H-pyrrole nitrogens is 1. The fourth-order valence-electron chi connectivity index (χ4n) is 5.77. The van der Waals surface area contributed by atoms with E-state index in [1.54, 1.807) is 0 Å². The third-order valence-corrected chi connectivity index (χ3v) is 9.95. The van der Waals surface area contributed by atoms with E-state index < -0.39 is 32.0 Å². The average Bonchev–Trinajstić information content (AvgIpc) is 3.34. The van der Waals surface area contributed by atoms with Crippen molar-refractivity contribution in [3.05, 3.63) is 70.5 Å². The van der Waals surface area contributed by atoms with Gasteiger partial charge in [-0.15, -0.1) is 0 Å². The number of halogens is 2. The lowest BCUT2D eigenvalue weighted by Gasteiger charge is -2.36. The second-order valence-electron chi connectivity index (χ2n) is 12.7. The molecular formula is C31H40F2N6O3S. The Kier molecular flexibility index (Phi) is 8.65. The molecule has 9 nitrogen and oxygen atoms in total. The highest BCUT2D eigenvalue weighted by Gasteiger charge is 2.41. The first-order valence-corrected chi connectivity index (χ1v) is 16.1. The van der Waals surface area contributed by atoms with Crippen molar-refractivity contribution < 1.29 is 22.0 Å². The van der Waals surface area contributed by atoms with Crippen molar-refractivity contribution in [3.63, 3.8) is 0 Å². The van der Waals surface area contributed by atoms with E-state index in [4.69, 9.17) is 0 Å². The lowest BCUT2D eigenvalue weighted by Crippen LogP contribution is -2.45. The molecule has 0 radical (unpaired) electrons. The second kappa shape index (κ2) is 12.0. The predicted octanol–water partition coefficient (Wildman–Crippen LogP) is 4.42. The lowest BCUT2D eigenvalue weighted by molar-refractivity contribution is 0.0992. The van der Waals surface area contributed by atoms with E-state index in [1.165, 1.54) is 4.31 Å². The summed E-state index contributed by atoms with van der Waals surface area (Å²) in [5.41, 5.74) is 3.48. The fraction of sp³-hybridized carbons (Fsp3) is 0.484. The lowest BCUT2D eigenvalue weighted by atomic mass is 9.83. The summed E-state index contributed by atoms with van der Waals surface area (Å²) in [7, 11) is -2.12. The summed E-state index contributed by atoms with van der Waals surface area (Å²) in [6.45, 7) is 12.4. The molecule has 12 heteroatoms. The molecule has 0 saturated carbocycles. The van der Waals surface area contributed by atoms with Gasteiger partial charge in [-0.25, -0.2) is 17.2 Å². The Bertz CT molecular complexity index is 1590. The molecule has 2 aliphatic rings. The summed E-state index contributed by atoms with van der Waals surface area (Å²) in [6, 6.07) is 8.16. The van der Waals surface area contributed by atoms with Gasteiger partial charge in [0, 0.05) is 85.5 Å². The standard InChI is InChI=1S/C31H40F2N6O3S/c1-20(2)17-34-27-15-23(38-10-8-37(5)9-11-38)6-7-25(27)29(40)16-28-26-18-39(19-31(3,4)30(26)36-35-28)43(41,42)24-13-21(32)12-22(33)14-24/h6-7,12-15,20,34H,8-11,16-19H2,1-5H3,(H,35,36). The van der Waals surface area contributed by atoms with Gasteiger partial charge in [0.1, 0.15) is 11.6 Å². The zero-order valence-corrected chi connectivity index (χ0v) is 26.2. The van der Waals surface area contributed by atoms with Gasteiger partial charge >= 0.3 is 0 Å². The van der Waals surface area contributed by atoms with E-state index in [0.717, 1.165) is 49.7 Å². The fourth-order valence-corrected chi connectivity index (χ4v) is 7.39. The van der Waals surface area contributed by atoms with Crippen molar-refractivity contribution >= 4 is 27.2 Å². The van der Waals surface area contributed by atoms with Crippen LogP contribution in [0.2, 0.25) is 0 Å². The number of nitrogens with zero attached hydrogens (tertiary/aromatic N) is 4. The van der Waals surface area contributed by atoms with Crippen molar-refractivity contribution in [3.8, 4) is 0 Å². The number of hydrogen-bond acceptors (Lipinski definition) is 7. The topological polar surface area (TPSA) is 102 Å². The normalized spacial score (nSPS) is 17.7. The maximum Gasteiger partial charge on any atom is 0.243 e. The van der Waals surface area contributed by atoms with Crippen molar-refractivity contribution in [2.45, 2.75) is 51.0 Å². The van der Waals surface area contributed by atoms with Gasteiger partial charge in [0.05, 0.1) is 17.0 Å². The Labute approximate surface area is 252 Å². The number of carbonyl (C=O) groups excluding carboxylic acids is 1. The molecule has 2 N–H and O–H groups in total. The summed E-state index contributed by atoms with van der Waals surface area (Å²) in [5, 5.41) is 10.9. The number of nitrogens with one attached hydrogen (secondary N) is 2. The Morgan fingerprint density at radius 3 is 2.40 bits per heavy atom. The molecule has 5 rings (SSSR count). The van der Waals surface area contributed by atoms with Crippen LogP contribution < -0.4 is 10.2 Å². The third-order valence-electron chi connectivity index (χ3n) is 8.18. The molecular weight excluding hydrogens is 574 g/mol. The van der Waals surface area contributed by atoms with E-state index in [9.17, 15) is 22.0 Å². The van der Waals surface area contributed by atoms with E-state index in [1.807, 2.05) is 32.0 Å². The molecule has 0 bridgehead atoms. The van der Waals surface area contributed by atoms with E-state index in [2.05, 4.69) is 46.2 Å². The zero-order chi connectivity index (χ0) is 31.1. The molecule has 0 spiro atoms. The highest BCUT2D eigenvalue weighted by molar-refractivity contribution is 7.89. The zero-order valence-electron chi connectivity index (χ0n) is 25.4. The van der Waals surface area contributed by atoms with Crippen molar-refractivity contribution in [1.29, 1.82) is 0 Å². The first-order valence-electron chi connectivity index (χ1n) is 14.6. The number of rotatable bonds is 9. The number of likely N-dealkylation sites (N-methyl/N-ethyl adjacent to an activating group) is 1. The van der Waals surface area contributed by atoms with Crippen molar-refractivity contribution in [2.75, 3.05) is 56.5 Å². The molecule has 0 unspecified atom stereocenters. The maximum atomic E-state index is 13.9. The van der Waals surface area contributed by atoms with Crippen LogP contribution in [0.25, 0.3) is 0 Å². The van der Waals surface area contributed by atoms with Crippen LogP contribution in [-0.2, 0) is 28.4 Å². The molecule has 0 aliphatic carbocycles. The first-order chi connectivity index (χ1) is 20.2. The molecule has 0 atom stereocenters. The molecule has 1 saturated heterocycles. The maximum absolute atomic E-state index is 13.9. The number of hydrogen-bond donors (Lipinski definition) is 2. The number of ketones is 1. The molecule has 2 aliphatic heterocycles. The van der Waals surface area contributed by atoms with Gasteiger partial charge in [0.25, 0.3) is 0 Å². The summed E-state index contributed by atoms with van der Waals surface area (Å²) < 4.78 is 56.1. The van der Waals surface area contributed by atoms with Crippen LogP contribution in [0.5, 0.6) is 0 Å². The monoisotopic (exact) mass is 614 g/mol. The average molecular weight is 615 g/mol. The number of carbonyl (C=O) groups is 1. The second-order valence-corrected chi connectivity index (χ2v) is 14.6. The molecule has 232 valence electrons. The number of anilines is 2. The smallest absolute Gasteiger partial charge is 0.243 e. The SMILES string of the molecule is CC(C)CNc1cc(N2CCN(C)CC2)ccc1C(=O)Cc1[nH]nc2c1CN(S(=O)(=O)c1cc(F)cc(F)c1)CC2(C)C. The summed E-state index contributed by atoms with van der Waals surface area (Å²) in [6.07, 6.45) is -0.00882. The van der Waals surface area contributed by atoms with Crippen molar-refractivity contribution in [2.24, 2.45) is 5.92 Å². The summed E-state index contributed by atoms with van der Waals surface area (Å²) >= 11 is 0. The van der Waals surface area contributed by atoms with Crippen LogP contribution >= 0.6 is 0 Å².